The van der Waals surface area contributed by atoms with Gasteiger partial charge in [0, 0.05) is 6.54 Å². The maximum Gasteiger partial charge on any atom is 0.215 e. The maximum atomic E-state index is 11.6. The van der Waals surface area contributed by atoms with Crippen molar-refractivity contribution in [3.63, 3.8) is 0 Å². The standard InChI is InChI=1S/C11H14N2O3S/c1-9(14)7-13-17(15,16)8-11-4-2-3-10(5-11)6-12/h2-5,9,13-14H,7-8H2,1H3. The molecule has 0 radical (unpaired) electrons. The number of hydrogen-bond donors (Lipinski definition) is 2. The highest BCUT2D eigenvalue weighted by Gasteiger charge is 2.12. The average molecular weight is 254 g/mol. The number of hydrogen-bond acceptors (Lipinski definition) is 4. The minimum Gasteiger partial charge on any atom is -0.392 e. The predicted molar refractivity (Wildman–Crippen MR) is 63.5 cm³/mol. The smallest absolute Gasteiger partial charge is 0.215 e. The summed E-state index contributed by atoms with van der Waals surface area (Å²) < 4.78 is 25.5. The Balaban J connectivity index is 2.73. The zero-order valence-electron chi connectivity index (χ0n) is 9.42. The lowest BCUT2D eigenvalue weighted by atomic mass is 10.2. The van der Waals surface area contributed by atoms with Crippen LogP contribution in [0, 0.1) is 11.3 Å². The van der Waals surface area contributed by atoms with E-state index in [9.17, 15) is 8.42 Å². The Morgan fingerprint density at radius 1 is 1.53 bits per heavy atom. The van der Waals surface area contributed by atoms with E-state index in [1.807, 2.05) is 6.07 Å². The van der Waals surface area contributed by atoms with E-state index in [4.69, 9.17) is 10.4 Å². The van der Waals surface area contributed by atoms with Gasteiger partial charge in [-0.1, -0.05) is 12.1 Å². The molecule has 0 aliphatic heterocycles. The molecule has 0 amide bonds. The summed E-state index contributed by atoms with van der Waals surface area (Å²) >= 11 is 0. The minimum atomic E-state index is -3.47. The van der Waals surface area contributed by atoms with Gasteiger partial charge in [-0.2, -0.15) is 5.26 Å². The van der Waals surface area contributed by atoms with E-state index in [1.54, 1.807) is 18.2 Å². The van der Waals surface area contributed by atoms with Gasteiger partial charge < -0.3 is 5.11 Å². The molecule has 92 valence electrons. The van der Waals surface area contributed by atoms with Crippen molar-refractivity contribution in [2.24, 2.45) is 0 Å². The Bertz CT molecular complexity index is 518. The van der Waals surface area contributed by atoms with Crippen molar-refractivity contribution in [2.75, 3.05) is 6.54 Å². The fourth-order valence-electron chi connectivity index (χ4n) is 1.25. The third-order valence-electron chi connectivity index (χ3n) is 2.01. The van der Waals surface area contributed by atoms with Crippen LogP contribution in [0.1, 0.15) is 18.1 Å². The Hall–Kier alpha value is -1.42. The molecule has 0 spiro atoms. The van der Waals surface area contributed by atoms with Crippen LogP contribution in [0.15, 0.2) is 24.3 Å². The Kier molecular flexibility index (Phi) is 4.63. The van der Waals surface area contributed by atoms with E-state index >= 15 is 0 Å². The molecule has 0 aliphatic carbocycles. The van der Waals surface area contributed by atoms with E-state index in [-0.39, 0.29) is 12.3 Å². The molecule has 0 saturated carbocycles. The number of nitrogens with one attached hydrogen (secondary N) is 1. The molecule has 6 heteroatoms. The summed E-state index contributed by atoms with van der Waals surface area (Å²) in [5, 5.41) is 17.7. The molecule has 17 heavy (non-hydrogen) atoms. The molecule has 2 N–H and O–H groups in total. The van der Waals surface area contributed by atoms with Crippen LogP contribution in [-0.2, 0) is 15.8 Å². The molecule has 0 bridgehead atoms. The van der Waals surface area contributed by atoms with Crippen molar-refractivity contribution in [1.82, 2.24) is 4.72 Å². The Morgan fingerprint density at radius 2 is 2.24 bits per heavy atom. The van der Waals surface area contributed by atoms with Gasteiger partial charge in [-0.25, -0.2) is 13.1 Å². The Morgan fingerprint density at radius 3 is 2.82 bits per heavy atom. The van der Waals surface area contributed by atoms with Crippen LogP contribution in [0.25, 0.3) is 0 Å². The zero-order chi connectivity index (χ0) is 12.9. The van der Waals surface area contributed by atoms with Gasteiger partial charge in [0.2, 0.25) is 10.0 Å². The fourth-order valence-corrected chi connectivity index (χ4v) is 2.46. The van der Waals surface area contributed by atoms with Gasteiger partial charge in [0.15, 0.2) is 0 Å². The lowest BCUT2D eigenvalue weighted by Gasteiger charge is -2.08. The Labute approximate surface area is 101 Å². The van der Waals surface area contributed by atoms with Crippen LogP contribution < -0.4 is 4.72 Å². The summed E-state index contributed by atoms with van der Waals surface area (Å²) in [6.07, 6.45) is -0.727. The molecule has 5 nitrogen and oxygen atoms in total. The second-order valence-corrected chi connectivity index (χ2v) is 5.58. The van der Waals surface area contributed by atoms with Crippen molar-refractivity contribution in [3.05, 3.63) is 35.4 Å². The van der Waals surface area contributed by atoms with Crippen LogP contribution >= 0.6 is 0 Å². The first-order valence-electron chi connectivity index (χ1n) is 5.07. The molecule has 1 aromatic rings. The molecule has 1 unspecified atom stereocenters. The van der Waals surface area contributed by atoms with Crippen molar-refractivity contribution < 1.29 is 13.5 Å². The highest BCUT2D eigenvalue weighted by atomic mass is 32.2. The molecule has 1 atom stereocenters. The van der Waals surface area contributed by atoms with Crippen molar-refractivity contribution >= 4 is 10.0 Å². The summed E-state index contributed by atoms with van der Waals surface area (Å²) in [5.41, 5.74) is 0.968. The zero-order valence-corrected chi connectivity index (χ0v) is 10.2. The first kappa shape index (κ1) is 13.6. The number of benzene rings is 1. The van der Waals surface area contributed by atoms with Crippen LogP contribution in [0.2, 0.25) is 0 Å². The molecule has 0 saturated heterocycles. The number of aliphatic hydroxyl groups excluding tert-OH is 1. The summed E-state index contributed by atoms with van der Waals surface area (Å²) in [6, 6.07) is 8.37. The second kappa shape index (κ2) is 5.77. The van der Waals surface area contributed by atoms with Crippen molar-refractivity contribution in [1.29, 1.82) is 5.26 Å². The lowest BCUT2D eigenvalue weighted by Crippen LogP contribution is -2.31. The molecule has 1 aromatic carbocycles. The molecule has 0 fully saturated rings. The van der Waals surface area contributed by atoms with E-state index in [1.165, 1.54) is 13.0 Å². The first-order chi connectivity index (χ1) is 7.93. The molecular weight excluding hydrogens is 240 g/mol. The molecule has 0 heterocycles. The van der Waals surface area contributed by atoms with Gasteiger partial charge in [-0.15, -0.1) is 0 Å². The highest BCUT2D eigenvalue weighted by Crippen LogP contribution is 2.07. The van der Waals surface area contributed by atoms with Gasteiger partial charge in [-0.3, -0.25) is 0 Å². The number of sulfonamides is 1. The predicted octanol–water partition coefficient (Wildman–Crippen LogP) is 0.358. The lowest BCUT2D eigenvalue weighted by molar-refractivity contribution is 0.198. The number of nitriles is 1. The molecule has 1 rings (SSSR count). The van der Waals surface area contributed by atoms with Crippen LogP contribution in [0.5, 0.6) is 0 Å². The summed E-state index contributed by atoms with van der Waals surface area (Å²) in [6.45, 7) is 1.49. The molecule has 0 aliphatic rings. The van der Waals surface area contributed by atoms with Crippen LogP contribution in [0.3, 0.4) is 0 Å². The largest absolute Gasteiger partial charge is 0.392 e. The van der Waals surface area contributed by atoms with Gasteiger partial charge in [0.25, 0.3) is 0 Å². The normalized spacial score (nSPS) is 13.0. The van der Waals surface area contributed by atoms with Crippen molar-refractivity contribution in [2.45, 2.75) is 18.8 Å². The average Bonchev–Trinajstić information content (AvgIpc) is 2.26. The summed E-state index contributed by atoms with van der Waals surface area (Å²) in [5.74, 6) is -0.199. The van der Waals surface area contributed by atoms with E-state index in [0.717, 1.165) is 0 Å². The second-order valence-electron chi connectivity index (χ2n) is 3.77. The molecular formula is C11H14N2O3S. The number of aliphatic hydroxyl groups is 1. The monoisotopic (exact) mass is 254 g/mol. The summed E-state index contributed by atoms with van der Waals surface area (Å²) in [7, 11) is -3.47. The molecule has 0 aromatic heterocycles. The quantitative estimate of drug-likeness (QED) is 0.793. The third-order valence-corrected chi connectivity index (χ3v) is 3.33. The van der Waals surface area contributed by atoms with Gasteiger partial charge >= 0.3 is 0 Å². The van der Waals surface area contributed by atoms with E-state index in [0.29, 0.717) is 11.1 Å². The van der Waals surface area contributed by atoms with Gasteiger partial charge in [0.05, 0.1) is 23.5 Å². The first-order valence-corrected chi connectivity index (χ1v) is 6.72. The van der Waals surface area contributed by atoms with Gasteiger partial charge in [0.1, 0.15) is 0 Å². The fraction of sp³-hybridized carbons (Fsp3) is 0.364. The number of rotatable bonds is 5. The highest BCUT2D eigenvalue weighted by molar-refractivity contribution is 7.88. The van der Waals surface area contributed by atoms with E-state index in [2.05, 4.69) is 4.72 Å². The number of nitrogens with zero attached hydrogens (tertiary/aromatic N) is 1. The van der Waals surface area contributed by atoms with Crippen molar-refractivity contribution in [3.8, 4) is 6.07 Å². The van der Waals surface area contributed by atoms with Gasteiger partial charge in [-0.05, 0) is 24.6 Å². The SMILES string of the molecule is CC(O)CNS(=O)(=O)Cc1cccc(C#N)c1. The summed E-state index contributed by atoms with van der Waals surface area (Å²) in [4.78, 5) is 0. The van der Waals surface area contributed by atoms with Crippen LogP contribution in [0.4, 0.5) is 0 Å². The van der Waals surface area contributed by atoms with Crippen LogP contribution in [-0.4, -0.2) is 26.2 Å². The topological polar surface area (TPSA) is 90.2 Å². The third kappa shape index (κ3) is 4.95. The maximum absolute atomic E-state index is 11.6. The minimum absolute atomic E-state index is 0.0136. The van der Waals surface area contributed by atoms with E-state index < -0.39 is 16.1 Å².